The summed E-state index contributed by atoms with van der Waals surface area (Å²) in [5, 5.41) is 11.9. The predicted octanol–water partition coefficient (Wildman–Crippen LogP) is 2.83. The summed E-state index contributed by atoms with van der Waals surface area (Å²) in [5.74, 6) is -0.462. The van der Waals surface area contributed by atoms with Crippen molar-refractivity contribution in [1.82, 2.24) is 5.32 Å². The molecule has 0 spiro atoms. The first-order chi connectivity index (χ1) is 12.1. The van der Waals surface area contributed by atoms with Gasteiger partial charge in [-0.1, -0.05) is 42.5 Å². The van der Waals surface area contributed by atoms with Crippen LogP contribution in [-0.2, 0) is 22.4 Å². The molecule has 0 aromatic heterocycles. The average molecular weight is 341 g/mol. The molecule has 0 fully saturated rings. The van der Waals surface area contributed by atoms with Crippen LogP contribution in [0, 0.1) is 0 Å². The van der Waals surface area contributed by atoms with E-state index in [0.717, 1.165) is 23.3 Å². The van der Waals surface area contributed by atoms with E-state index in [4.69, 9.17) is 4.74 Å². The summed E-state index contributed by atoms with van der Waals surface area (Å²) in [6.45, 7) is 0. The van der Waals surface area contributed by atoms with E-state index in [1.54, 1.807) is 7.11 Å². The highest BCUT2D eigenvalue weighted by Gasteiger charge is 2.20. The highest BCUT2D eigenvalue weighted by Crippen LogP contribution is 2.13. The van der Waals surface area contributed by atoms with Gasteiger partial charge < -0.3 is 15.2 Å². The molecule has 0 aliphatic heterocycles. The Labute approximate surface area is 147 Å². The fraction of sp³-hybridized carbons (Fsp3) is 0.300. The second-order valence-corrected chi connectivity index (χ2v) is 5.85. The van der Waals surface area contributed by atoms with Crippen molar-refractivity contribution in [3.05, 3.63) is 65.7 Å². The average Bonchev–Trinajstić information content (AvgIpc) is 2.62. The molecule has 25 heavy (non-hydrogen) atoms. The lowest BCUT2D eigenvalue weighted by Gasteiger charge is -2.14. The Morgan fingerprint density at radius 3 is 2.32 bits per heavy atom. The predicted molar refractivity (Wildman–Crippen MR) is 95.6 cm³/mol. The summed E-state index contributed by atoms with van der Waals surface area (Å²) >= 11 is 0. The highest BCUT2D eigenvalue weighted by molar-refractivity contribution is 5.83. The number of carboxylic acid groups (broad SMARTS) is 1. The lowest BCUT2D eigenvalue weighted by molar-refractivity contribution is -0.141. The Hall–Kier alpha value is -2.82. The van der Waals surface area contributed by atoms with Gasteiger partial charge in [0.25, 0.3) is 0 Å². The minimum atomic E-state index is -1.02. The van der Waals surface area contributed by atoms with E-state index in [9.17, 15) is 14.7 Å². The van der Waals surface area contributed by atoms with Crippen LogP contribution >= 0.6 is 0 Å². The van der Waals surface area contributed by atoms with E-state index in [0.29, 0.717) is 12.8 Å². The number of carboxylic acids is 1. The molecule has 0 aliphatic rings. The van der Waals surface area contributed by atoms with Crippen molar-refractivity contribution in [2.24, 2.45) is 0 Å². The Morgan fingerprint density at radius 2 is 1.72 bits per heavy atom. The van der Waals surface area contributed by atoms with Gasteiger partial charge in [-0.2, -0.15) is 0 Å². The van der Waals surface area contributed by atoms with Crippen LogP contribution in [0.25, 0.3) is 0 Å². The second-order valence-electron chi connectivity index (χ2n) is 5.85. The van der Waals surface area contributed by atoms with E-state index in [1.165, 1.54) is 0 Å². The van der Waals surface area contributed by atoms with Gasteiger partial charge in [0, 0.05) is 12.8 Å². The normalized spacial score (nSPS) is 11.6. The maximum absolute atomic E-state index is 12.0. The summed E-state index contributed by atoms with van der Waals surface area (Å²) in [6.07, 6.45) is 1.99. The van der Waals surface area contributed by atoms with Crippen molar-refractivity contribution < 1.29 is 19.4 Å². The monoisotopic (exact) mass is 341 g/mol. The van der Waals surface area contributed by atoms with Crippen molar-refractivity contribution >= 4 is 11.9 Å². The van der Waals surface area contributed by atoms with Crippen molar-refractivity contribution in [2.75, 3.05) is 7.11 Å². The van der Waals surface area contributed by atoms with Crippen LogP contribution in [0.2, 0.25) is 0 Å². The number of hydrogen-bond acceptors (Lipinski definition) is 3. The molecule has 0 bridgehead atoms. The second kappa shape index (κ2) is 9.47. The molecule has 5 heteroatoms. The van der Waals surface area contributed by atoms with Crippen molar-refractivity contribution in [2.45, 2.75) is 31.7 Å². The Bertz CT molecular complexity index is 683. The summed E-state index contributed by atoms with van der Waals surface area (Å²) in [6, 6.07) is 16.1. The van der Waals surface area contributed by atoms with Crippen LogP contribution in [0.1, 0.15) is 24.0 Å². The minimum Gasteiger partial charge on any atom is -0.497 e. The first kappa shape index (κ1) is 18.5. The highest BCUT2D eigenvalue weighted by atomic mass is 16.5. The lowest BCUT2D eigenvalue weighted by Crippen LogP contribution is -2.42. The largest absolute Gasteiger partial charge is 0.497 e. The van der Waals surface area contributed by atoms with Crippen molar-refractivity contribution in [3.63, 3.8) is 0 Å². The number of benzene rings is 2. The van der Waals surface area contributed by atoms with E-state index in [2.05, 4.69) is 5.32 Å². The third-order valence-electron chi connectivity index (χ3n) is 3.94. The number of methoxy groups -OCH3 is 1. The van der Waals surface area contributed by atoms with E-state index >= 15 is 0 Å². The van der Waals surface area contributed by atoms with Gasteiger partial charge in [0.2, 0.25) is 5.91 Å². The number of hydrogen-bond donors (Lipinski definition) is 2. The van der Waals surface area contributed by atoms with Crippen LogP contribution < -0.4 is 10.1 Å². The van der Waals surface area contributed by atoms with Crippen molar-refractivity contribution in [3.8, 4) is 5.75 Å². The number of amides is 1. The van der Waals surface area contributed by atoms with Crippen LogP contribution in [-0.4, -0.2) is 30.1 Å². The topological polar surface area (TPSA) is 75.6 Å². The van der Waals surface area contributed by atoms with Gasteiger partial charge in [-0.25, -0.2) is 4.79 Å². The molecule has 5 nitrogen and oxygen atoms in total. The summed E-state index contributed by atoms with van der Waals surface area (Å²) in [4.78, 5) is 23.4. The SMILES string of the molecule is COc1ccc(CCCC(=O)NC(Cc2ccccc2)C(=O)O)cc1. The smallest absolute Gasteiger partial charge is 0.326 e. The van der Waals surface area contributed by atoms with Gasteiger partial charge in [-0.15, -0.1) is 0 Å². The molecule has 2 aromatic rings. The van der Waals surface area contributed by atoms with Crippen molar-refractivity contribution in [1.29, 1.82) is 0 Å². The molecular formula is C20H23NO4. The summed E-state index contributed by atoms with van der Waals surface area (Å²) < 4.78 is 5.11. The number of aryl methyl sites for hydroxylation is 1. The zero-order chi connectivity index (χ0) is 18.1. The number of ether oxygens (including phenoxy) is 1. The van der Waals surface area contributed by atoms with Gasteiger partial charge in [-0.05, 0) is 36.1 Å². The summed E-state index contributed by atoms with van der Waals surface area (Å²) in [5.41, 5.74) is 2.00. The number of nitrogens with one attached hydrogen (secondary N) is 1. The Kier molecular flexibility index (Phi) is 7.01. The molecule has 2 N–H and O–H groups in total. The molecule has 1 unspecified atom stereocenters. The number of rotatable bonds is 9. The molecule has 0 saturated carbocycles. The van der Waals surface area contributed by atoms with Gasteiger partial charge >= 0.3 is 5.97 Å². The van der Waals surface area contributed by atoms with Crippen LogP contribution in [0.4, 0.5) is 0 Å². The zero-order valence-corrected chi connectivity index (χ0v) is 14.3. The van der Waals surface area contributed by atoms with E-state index in [-0.39, 0.29) is 12.3 Å². The van der Waals surface area contributed by atoms with E-state index in [1.807, 2.05) is 54.6 Å². The Balaban J connectivity index is 1.79. The number of carbonyl (C=O) groups is 2. The molecular weight excluding hydrogens is 318 g/mol. The third kappa shape index (κ3) is 6.30. The number of carbonyl (C=O) groups excluding carboxylic acids is 1. The molecule has 1 amide bonds. The molecule has 0 heterocycles. The summed E-state index contributed by atoms with van der Waals surface area (Å²) in [7, 11) is 1.62. The van der Waals surface area contributed by atoms with Gasteiger partial charge in [0.1, 0.15) is 11.8 Å². The van der Waals surface area contributed by atoms with Crippen LogP contribution in [0.15, 0.2) is 54.6 Å². The molecule has 0 aliphatic carbocycles. The molecule has 2 aromatic carbocycles. The van der Waals surface area contributed by atoms with Crippen LogP contribution in [0.5, 0.6) is 5.75 Å². The lowest BCUT2D eigenvalue weighted by atomic mass is 10.0. The maximum Gasteiger partial charge on any atom is 0.326 e. The molecule has 0 radical (unpaired) electrons. The molecule has 1 atom stereocenters. The molecule has 0 saturated heterocycles. The minimum absolute atomic E-state index is 0.239. The standard InChI is InChI=1S/C20H23NO4/c1-25-17-12-10-15(11-13-17)8-5-9-19(22)21-18(20(23)24)14-16-6-3-2-4-7-16/h2-4,6-7,10-13,18H,5,8-9,14H2,1H3,(H,21,22)(H,23,24). The zero-order valence-electron chi connectivity index (χ0n) is 14.3. The Morgan fingerprint density at radius 1 is 1.04 bits per heavy atom. The fourth-order valence-electron chi connectivity index (χ4n) is 2.56. The van der Waals surface area contributed by atoms with Crippen LogP contribution in [0.3, 0.4) is 0 Å². The van der Waals surface area contributed by atoms with Gasteiger partial charge in [0.15, 0.2) is 0 Å². The quantitative estimate of drug-likeness (QED) is 0.735. The first-order valence-corrected chi connectivity index (χ1v) is 8.27. The van der Waals surface area contributed by atoms with Gasteiger partial charge in [0.05, 0.1) is 7.11 Å². The molecule has 2 rings (SSSR count). The molecule has 132 valence electrons. The number of aliphatic carboxylic acids is 1. The fourth-order valence-corrected chi connectivity index (χ4v) is 2.56. The third-order valence-corrected chi connectivity index (χ3v) is 3.94. The first-order valence-electron chi connectivity index (χ1n) is 8.27. The van der Waals surface area contributed by atoms with E-state index < -0.39 is 12.0 Å². The van der Waals surface area contributed by atoms with Gasteiger partial charge in [-0.3, -0.25) is 4.79 Å². The maximum atomic E-state index is 12.0.